The minimum absolute atomic E-state index is 0.404. The number of anilines is 1. The maximum absolute atomic E-state index is 10.3. The molecule has 0 bridgehead atoms. The monoisotopic (exact) mass is 286 g/mol. The Kier molecular flexibility index (Phi) is 6.65. The van der Waals surface area contributed by atoms with Crippen LogP contribution in [0.4, 0.5) is 5.88 Å². The molecule has 0 unspecified atom stereocenters. The van der Waals surface area contributed by atoms with Crippen LogP contribution in [0.5, 0.6) is 0 Å². The maximum Gasteiger partial charge on any atom is 0.274 e. The van der Waals surface area contributed by atoms with Crippen LogP contribution in [0, 0.1) is 10.1 Å². The Labute approximate surface area is 116 Å². The number of furan rings is 1. The summed E-state index contributed by atoms with van der Waals surface area (Å²) in [4.78, 5) is 9.81. The number of nitro groups is 1. The summed E-state index contributed by atoms with van der Waals surface area (Å²) >= 11 is 1.69. The van der Waals surface area contributed by atoms with Crippen LogP contribution < -0.4 is 16.0 Å². The van der Waals surface area contributed by atoms with Crippen LogP contribution in [0.2, 0.25) is 0 Å². The minimum atomic E-state index is -0.492. The van der Waals surface area contributed by atoms with Crippen molar-refractivity contribution >= 4 is 17.6 Å². The summed E-state index contributed by atoms with van der Waals surface area (Å²) in [6, 6.07) is 3.81. The van der Waals surface area contributed by atoms with Crippen LogP contribution in [0.1, 0.15) is 5.76 Å². The first-order valence-electron chi connectivity index (χ1n) is 5.77. The zero-order valence-electron chi connectivity index (χ0n) is 10.9. The van der Waals surface area contributed by atoms with Crippen LogP contribution in [0.25, 0.3) is 0 Å². The molecule has 1 aromatic rings. The average Bonchev–Trinajstić information content (AvgIpc) is 2.84. The molecule has 7 nitrogen and oxygen atoms in total. The van der Waals surface area contributed by atoms with Gasteiger partial charge in [0.2, 0.25) is 0 Å². The van der Waals surface area contributed by atoms with Gasteiger partial charge >= 0.3 is 0 Å². The van der Waals surface area contributed by atoms with E-state index < -0.39 is 4.92 Å². The number of nitrogens with one attached hydrogen (secondary N) is 3. The van der Waals surface area contributed by atoms with E-state index in [1.54, 1.807) is 25.9 Å². The molecule has 0 saturated heterocycles. The summed E-state index contributed by atoms with van der Waals surface area (Å²) in [6.07, 6.45) is 0.913. The molecule has 0 aliphatic rings. The van der Waals surface area contributed by atoms with Gasteiger partial charge in [-0.1, -0.05) is 0 Å². The van der Waals surface area contributed by atoms with Gasteiger partial charge in [-0.15, -0.1) is 0 Å². The largest absolute Gasteiger partial charge is 0.445 e. The highest BCUT2D eigenvalue weighted by atomic mass is 32.2. The van der Waals surface area contributed by atoms with Gasteiger partial charge in [-0.25, -0.2) is 0 Å². The van der Waals surface area contributed by atoms with Crippen LogP contribution in [0.15, 0.2) is 28.6 Å². The highest BCUT2D eigenvalue weighted by Gasteiger charge is 2.02. The Morgan fingerprint density at radius 3 is 2.89 bits per heavy atom. The fourth-order valence-electron chi connectivity index (χ4n) is 1.32. The Balaban J connectivity index is 2.18. The molecule has 0 atom stereocenters. The van der Waals surface area contributed by atoms with Crippen molar-refractivity contribution in [3.8, 4) is 0 Å². The van der Waals surface area contributed by atoms with Gasteiger partial charge in [-0.3, -0.25) is 10.1 Å². The highest BCUT2D eigenvalue weighted by Crippen LogP contribution is 2.17. The van der Waals surface area contributed by atoms with Crippen molar-refractivity contribution in [2.75, 3.05) is 31.7 Å². The predicted octanol–water partition coefficient (Wildman–Crippen LogP) is 1.44. The summed E-state index contributed by atoms with van der Waals surface area (Å²) in [5.41, 5.74) is 0. The second-order valence-corrected chi connectivity index (χ2v) is 4.68. The smallest absolute Gasteiger partial charge is 0.274 e. The van der Waals surface area contributed by atoms with Crippen molar-refractivity contribution in [2.24, 2.45) is 0 Å². The van der Waals surface area contributed by atoms with Crippen LogP contribution in [0.3, 0.4) is 0 Å². The van der Waals surface area contributed by atoms with Crippen molar-refractivity contribution < 1.29 is 9.34 Å². The molecule has 0 saturated carbocycles. The number of rotatable bonds is 9. The standard InChI is InChI=1S/C11H18N4O3S/c1-12-10(7-15(16)17)14-5-6-19-8-9-3-4-11(13-2)18-9/h3-4,7,12-14H,5-6,8H2,1-2H3. The molecule has 0 aromatic carbocycles. The lowest BCUT2D eigenvalue weighted by Gasteiger charge is -2.07. The number of thioether (sulfide) groups is 1. The van der Waals surface area contributed by atoms with E-state index in [1.165, 1.54) is 0 Å². The molecule has 1 heterocycles. The maximum atomic E-state index is 10.3. The fourth-order valence-corrected chi connectivity index (χ4v) is 2.07. The van der Waals surface area contributed by atoms with Gasteiger partial charge in [0.25, 0.3) is 6.20 Å². The van der Waals surface area contributed by atoms with Crippen molar-refractivity contribution in [3.63, 3.8) is 0 Å². The summed E-state index contributed by atoms with van der Waals surface area (Å²) in [6.45, 7) is 0.644. The van der Waals surface area contributed by atoms with E-state index in [0.717, 1.165) is 29.4 Å². The van der Waals surface area contributed by atoms with E-state index in [9.17, 15) is 10.1 Å². The third-order valence-corrected chi connectivity index (χ3v) is 3.20. The number of nitrogens with zero attached hydrogens (tertiary/aromatic N) is 1. The second-order valence-electron chi connectivity index (χ2n) is 3.57. The van der Waals surface area contributed by atoms with Crippen LogP contribution >= 0.6 is 11.8 Å². The Morgan fingerprint density at radius 1 is 1.53 bits per heavy atom. The highest BCUT2D eigenvalue weighted by molar-refractivity contribution is 7.98. The lowest BCUT2D eigenvalue weighted by molar-refractivity contribution is -0.404. The van der Waals surface area contributed by atoms with Gasteiger partial charge in [0.05, 0.1) is 10.7 Å². The third kappa shape index (κ3) is 6.05. The molecule has 8 heteroatoms. The minimum Gasteiger partial charge on any atom is -0.445 e. The first-order valence-corrected chi connectivity index (χ1v) is 6.92. The van der Waals surface area contributed by atoms with E-state index in [-0.39, 0.29) is 0 Å². The summed E-state index contributed by atoms with van der Waals surface area (Å²) < 4.78 is 5.47. The number of hydrogen-bond donors (Lipinski definition) is 3. The van der Waals surface area contributed by atoms with Gasteiger partial charge < -0.3 is 20.4 Å². The number of hydrogen-bond acceptors (Lipinski definition) is 7. The van der Waals surface area contributed by atoms with E-state index in [2.05, 4.69) is 16.0 Å². The fraction of sp³-hybridized carbons (Fsp3) is 0.455. The molecule has 0 amide bonds. The molecule has 0 aliphatic heterocycles. The molecule has 19 heavy (non-hydrogen) atoms. The molecular weight excluding hydrogens is 268 g/mol. The normalized spacial score (nSPS) is 11.2. The van der Waals surface area contributed by atoms with Gasteiger partial charge in [-0.05, 0) is 6.07 Å². The van der Waals surface area contributed by atoms with Gasteiger partial charge in [0, 0.05) is 32.5 Å². The van der Waals surface area contributed by atoms with Gasteiger partial charge in [-0.2, -0.15) is 11.8 Å². The summed E-state index contributed by atoms with van der Waals surface area (Å²) in [5.74, 6) is 3.66. The topological polar surface area (TPSA) is 92.4 Å². The van der Waals surface area contributed by atoms with Crippen molar-refractivity contribution in [1.82, 2.24) is 10.6 Å². The first kappa shape index (κ1) is 15.2. The third-order valence-electron chi connectivity index (χ3n) is 2.22. The lowest BCUT2D eigenvalue weighted by atomic mass is 10.5. The zero-order chi connectivity index (χ0) is 14.1. The molecule has 3 N–H and O–H groups in total. The molecule has 1 aromatic heterocycles. The van der Waals surface area contributed by atoms with Crippen molar-refractivity contribution in [1.29, 1.82) is 0 Å². The molecule has 0 spiro atoms. The van der Waals surface area contributed by atoms with Crippen LogP contribution in [-0.4, -0.2) is 31.3 Å². The molecular formula is C11H18N4O3S. The molecule has 1 rings (SSSR count). The Hall–Kier alpha value is -1.83. The molecule has 106 valence electrons. The van der Waals surface area contributed by atoms with E-state index in [0.29, 0.717) is 12.4 Å². The first-order chi connectivity index (χ1) is 9.15. The average molecular weight is 286 g/mol. The summed E-state index contributed by atoms with van der Waals surface area (Å²) in [5, 5.41) is 18.9. The Bertz CT molecular complexity index is 433. The summed E-state index contributed by atoms with van der Waals surface area (Å²) in [7, 11) is 3.44. The van der Waals surface area contributed by atoms with E-state index in [1.807, 2.05) is 12.1 Å². The quantitative estimate of drug-likeness (QED) is 0.359. The predicted molar refractivity (Wildman–Crippen MR) is 76.6 cm³/mol. The SMILES string of the molecule is CNC(=C[N+](=O)[O-])NCCSCc1ccc(NC)o1. The van der Waals surface area contributed by atoms with E-state index in [4.69, 9.17) is 4.42 Å². The molecule has 0 fully saturated rings. The zero-order valence-corrected chi connectivity index (χ0v) is 11.8. The van der Waals surface area contributed by atoms with Crippen molar-refractivity contribution in [3.05, 3.63) is 40.0 Å². The van der Waals surface area contributed by atoms with Crippen molar-refractivity contribution in [2.45, 2.75) is 5.75 Å². The van der Waals surface area contributed by atoms with Gasteiger partial charge in [0.1, 0.15) is 5.76 Å². The van der Waals surface area contributed by atoms with E-state index >= 15 is 0 Å². The second kappa shape index (κ2) is 8.30. The van der Waals surface area contributed by atoms with Crippen LogP contribution in [-0.2, 0) is 5.75 Å². The van der Waals surface area contributed by atoms with Gasteiger partial charge in [0.15, 0.2) is 11.7 Å². The lowest BCUT2D eigenvalue weighted by Crippen LogP contribution is -2.26. The molecule has 0 radical (unpaired) electrons. The molecule has 0 aliphatic carbocycles. The Morgan fingerprint density at radius 2 is 2.32 bits per heavy atom.